The molecule has 2 heterocycles. The molecule has 0 aliphatic carbocycles. The van der Waals surface area contributed by atoms with Crippen LogP contribution in [-0.4, -0.2) is 44.9 Å². The summed E-state index contributed by atoms with van der Waals surface area (Å²) in [6, 6.07) is 13.8. The molecule has 2 aliphatic heterocycles. The van der Waals surface area contributed by atoms with Crippen LogP contribution in [0, 0.1) is 5.92 Å². The summed E-state index contributed by atoms with van der Waals surface area (Å²) in [6.45, 7) is 3.56. The highest BCUT2D eigenvalue weighted by Gasteiger charge is 2.33. The molecule has 2 aliphatic rings. The number of amides is 1. The van der Waals surface area contributed by atoms with Gasteiger partial charge < -0.3 is 14.8 Å². The highest BCUT2D eigenvalue weighted by Crippen LogP contribution is 2.33. The fraction of sp³-hybridized carbons (Fsp3) is 0.409. The van der Waals surface area contributed by atoms with E-state index in [9.17, 15) is 13.2 Å². The largest absolute Gasteiger partial charge is 0.486 e. The first-order valence-corrected chi connectivity index (χ1v) is 11.6. The Kier molecular flexibility index (Phi) is 5.97. The van der Waals surface area contributed by atoms with E-state index in [1.54, 1.807) is 30.3 Å². The maximum atomic E-state index is 12.9. The van der Waals surface area contributed by atoms with Gasteiger partial charge in [0.15, 0.2) is 11.5 Å². The molecule has 30 heavy (non-hydrogen) atoms. The van der Waals surface area contributed by atoms with Gasteiger partial charge in [-0.1, -0.05) is 24.3 Å². The summed E-state index contributed by atoms with van der Waals surface area (Å²) >= 11 is 0. The van der Waals surface area contributed by atoms with Crippen molar-refractivity contribution in [2.45, 2.75) is 30.7 Å². The van der Waals surface area contributed by atoms with Crippen LogP contribution in [0.25, 0.3) is 0 Å². The zero-order valence-corrected chi connectivity index (χ0v) is 17.7. The fourth-order valence-corrected chi connectivity index (χ4v) is 5.40. The molecule has 2 atom stereocenters. The number of nitrogens with zero attached hydrogens (tertiary/aromatic N) is 1. The van der Waals surface area contributed by atoms with Crippen molar-refractivity contribution in [3.05, 3.63) is 54.1 Å². The summed E-state index contributed by atoms with van der Waals surface area (Å²) < 4.78 is 38.4. The molecule has 0 bridgehead atoms. The minimum Gasteiger partial charge on any atom is -0.486 e. The summed E-state index contributed by atoms with van der Waals surface area (Å²) in [5, 5.41) is 3.03. The number of fused-ring (bicyclic) bond motifs is 1. The third-order valence-corrected chi connectivity index (χ3v) is 7.44. The van der Waals surface area contributed by atoms with Crippen molar-refractivity contribution < 1.29 is 22.7 Å². The summed E-state index contributed by atoms with van der Waals surface area (Å²) in [7, 11) is -3.60. The molecule has 7 nitrogen and oxygen atoms in total. The van der Waals surface area contributed by atoms with Crippen LogP contribution in [0.3, 0.4) is 0 Å². The van der Waals surface area contributed by atoms with Gasteiger partial charge >= 0.3 is 0 Å². The van der Waals surface area contributed by atoms with E-state index in [0.29, 0.717) is 44.1 Å². The predicted octanol–water partition coefficient (Wildman–Crippen LogP) is 2.74. The number of sulfonamides is 1. The Morgan fingerprint density at radius 3 is 2.60 bits per heavy atom. The molecule has 2 aromatic rings. The smallest absolute Gasteiger partial charge is 0.243 e. The van der Waals surface area contributed by atoms with Crippen molar-refractivity contribution >= 4 is 15.9 Å². The summed E-state index contributed by atoms with van der Waals surface area (Å²) in [4.78, 5) is 13.2. The maximum absolute atomic E-state index is 12.9. The first-order valence-electron chi connectivity index (χ1n) is 10.2. The summed E-state index contributed by atoms with van der Waals surface area (Å²) in [5.41, 5.74) is 0.914. The van der Waals surface area contributed by atoms with E-state index < -0.39 is 10.0 Å². The second-order valence-electron chi connectivity index (χ2n) is 7.65. The maximum Gasteiger partial charge on any atom is 0.243 e. The normalized spacial score (nSPS) is 20.4. The predicted molar refractivity (Wildman–Crippen MR) is 112 cm³/mol. The summed E-state index contributed by atoms with van der Waals surface area (Å²) in [5.74, 6) is 0.873. The number of nitrogens with one attached hydrogen (secondary N) is 1. The second-order valence-corrected chi connectivity index (χ2v) is 9.59. The quantitative estimate of drug-likeness (QED) is 0.789. The molecular weight excluding hydrogens is 404 g/mol. The van der Waals surface area contributed by atoms with Gasteiger partial charge in [0.1, 0.15) is 13.2 Å². The van der Waals surface area contributed by atoms with Gasteiger partial charge in [-0.05, 0) is 49.6 Å². The van der Waals surface area contributed by atoms with Crippen molar-refractivity contribution in [3.8, 4) is 11.5 Å². The fourth-order valence-electron chi connectivity index (χ4n) is 3.86. The lowest BCUT2D eigenvalue weighted by atomic mass is 9.97. The van der Waals surface area contributed by atoms with Crippen LogP contribution >= 0.6 is 0 Å². The van der Waals surface area contributed by atoms with Gasteiger partial charge in [0.25, 0.3) is 0 Å². The molecule has 0 spiro atoms. The number of rotatable bonds is 5. The van der Waals surface area contributed by atoms with Crippen molar-refractivity contribution in [3.63, 3.8) is 0 Å². The van der Waals surface area contributed by atoms with Crippen LogP contribution < -0.4 is 14.8 Å². The van der Waals surface area contributed by atoms with E-state index in [1.807, 2.05) is 25.1 Å². The number of hydrogen-bond acceptors (Lipinski definition) is 5. The monoisotopic (exact) mass is 430 g/mol. The summed E-state index contributed by atoms with van der Waals surface area (Å²) in [6.07, 6.45) is 1.32. The first kappa shape index (κ1) is 20.7. The first-order chi connectivity index (χ1) is 14.4. The van der Waals surface area contributed by atoms with Crippen LogP contribution in [0.2, 0.25) is 0 Å². The Labute approximate surface area is 177 Å². The molecule has 0 unspecified atom stereocenters. The standard InChI is InChI=1S/C22H26N2O5S/c1-16(17-9-10-20-21(14-17)29-13-12-28-20)23-22(25)18-6-5-11-24(15-18)30(26,27)19-7-3-2-4-8-19/h2-4,7-10,14,16,18H,5-6,11-13,15H2,1H3,(H,23,25)/t16-,18+/m0/s1. The van der Waals surface area contributed by atoms with Gasteiger partial charge in [0.05, 0.1) is 16.9 Å². The topological polar surface area (TPSA) is 84.9 Å². The molecule has 4 rings (SSSR count). The van der Waals surface area contributed by atoms with Crippen LogP contribution in [0.1, 0.15) is 31.4 Å². The highest BCUT2D eigenvalue weighted by atomic mass is 32.2. The lowest BCUT2D eigenvalue weighted by molar-refractivity contribution is -0.126. The SMILES string of the molecule is C[C@H](NC(=O)[C@@H]1CCCN(S(=O)(=O)c2ccccc2)C1)c1ccc2c(c1)OCCO2. The Bertz CT molecular complexity index is 1010. The zero-order valence-electron chi connectivity index (χ0n) is 16.9. The molecule has 1 amide bonds. The Balaban J connectivity index is 1.42. The van der Waals surface area contributed by atoms with Gasteiger partial charge in [-0.15, -0.1) is 0 Å². The average Bonchev–Trinajstić information content (AvgIpc) is 2.79. The highest BCUT2D eigenvalue weighted by molar-refractivity contribution is 7.89. The Hall–Kier alpha value is -2.58. The van der Waals surface area contributed by atoms with E-state index >= 15 is 0 Å². The molecule has 8 heteroatoms. The minimum atomic E-state index is -3.60. The number of carbonyl (C=O) groups excluding carboxylic acids is 1. The van der Waals surface area contributed by atoms with Gasteiger partial charge in [-0.2, -0.15) is 4.31 Å². The molecule has 160 valence electrons. The lowest BCUT2D eigenvalue weighted by Gasteiger charge is -2.32. The van der Waals surface area contributed by atoms with Gasteiger partial charge in [0.2, 0.25) is 15.9 Å². The number of benzene rings is 2. The molecular formula is C22H26N2O5S. The average molecular weight is 431 g/mol. The van der Waals surface area contributed by atoms with Crippen LogP contribution in [0.15, 0.2) is 53.4 Å². The third kappa shape index (κ3) is 4.29. The number of hydrogen-bond donors (Lipinski definition) is 1. The van der Waals surface area contributed by atoms with Crippen molar-refractivity contribution in [1.82, 2.24) is 9.62 Å². The van der Waals surface area contributed by atoms with Crippen molar-refractivity contribution in [1.29, 1.82) is 0 Å². The minimum absolute atomic E-state index is 0.134. The number of carbonyl (C=O) groups is 1. The molecule has 1 fully saturated rings. The molecule has 0 radical (unpaired) electrons. The van der Waals surface area contributed by atoms with Crippen molar-refractivity contribution in [2.75, 3.05) is 26.3 Å². The van der Waals surface area contributed by atoms with Crippen LogP contribution in [-0.2, 0) is 14.8 Å². The molecule has 1 N–H and O–H groups in total. The number of piperidine rings is 1. The number of ether oxygens (including phenoxy) is 2. The zero-order chi connectivity index (χ0) is 21.1. The van der Waals surface area contributed by atoms with E-state index in [-0.39, 0.29) is 29.3 Å². The van der Waals surface area contributed by atoms with E-state index in [0.717, 1.165) is 5.56 Å². The van der Waals surface area contributed by atoms with E-state index in [1.165, 1.54) is 4.31 Å². The molecule has 2 aromatic carbocycles. The molecule has 0 aromatic heterocycles. The second kappa shape index (κ2) is 8.65. The van der Waals surface area contributed by atoms with Gasteiger partial charge in [-0.25, -0.2) is 8.42 Å². The van der Waals surface area contributed by atoms with E-state index in [4.69, 9.17) is 9.47 Å². The Morgan fingerprint density at radius 1 is 1.10 bits per heavy atom. The third-order valence-electron chi connectivity index (χ3n) is 5.56. The van der Waals surface area contributed by atoms with E-state index in [2.05, 4.69) is 5.32 Å². The lowest BCUT2D eigenvalue weighted by Crippen LogP contribution is -2.45. The van der Waals surface area contributed by atoms with Crippen LogP contribution in [0.4, 0.5) is 0 Å². The Morgan fingerprint density at radius 2 is 1.83 bits per heavy atom. The molecule has 1 saturated heterocycles. The van der Waals surface area contributed by atoms with Crippen LogP contribution in [0.5, 0.6) is 11.5 Å². The molecule has 0 saturated carbocycles. The van der Waals surface area contributed by atoms with Gasteiger partial charge in [-0.3, -0.25) is 4.79 Å². The van der Waals surface area contributed by atoms with Crippen molar-refractivity contribution in [2.24, 2.45) is 5.92 Å². The van der Waals surface area contributed by atoms with Gasteiger partial charge in [0, 0.05) is 13.1 Å².